The molecule has 5 nitrogen and oxygen atoms in total. The van der Waals surface area contributed by atoms with Gasteiger partial charge in [-0.15, -0.1) is 23.1 Å². The van der Waals surface area contributed by atoms with Crippen LogP contribution in [0.1, 0.15) is 10.6 Å². The number of aliphatic imine (C=N–C) groups is 1. The normalized spacial score (nSPS) is 20.8. The highest BCUT2D eigenvalue weighted by Crippen LogP contribution is 2.34. The molecule has 7 heteroatoms. The molecule has 3 heterocycles. The van der Waals surface area contributed by atoms with Crippen molar-refractivity contribution in [2.75, 3.05) is 17.6 Å². The number of carboxylic acid groups (broad SMARTS) is 1. The lowest BCUT2D eigenvalue weighted by atomic mass is 10.1. The highest BCUT2D eigenvalue weighted by Gasteiger charge is 2.27. The lowest BCUT2D eigenvalue weighted by Gasteiger charge is -1.97. The number of carbonyl (C=O) groups is 1. The summed E-state index contributed by atoms with van der Waals surface area (Å²) < 4.78 is 1.12. The standard InChI is InChI=1S/C13H11N3O2S2/c17-13(18)9-5-19-11(16-9)12-15-8-3-6-1-2-14-7(6)4-10(8)20-12/h3-4,9,14H,1-2,5H2,(H,17,18)/t9-/m0/s1. The number of thioether (sulfide) groups is 1. The summed E-state index contributed by atoms with van der Waals surface area (Å²) in [5, 5.41) is 13.9. The molecule has 0 fully saturated rings. The van der Waals surface area contributed by atoms with Gasteiger partial charge in [-0.1, -0.05) is 0 Å². The Morgan fingerprint density at radius 2 is 2.35 bits per heavy atom. The molecule has 2 aromatic rings. The van der Waals surface area contributed by atoms with E-state index in [0.29, 0.717) is 5.75 Å². The van der Waals surface area contributed by atoms with Gasteiger partial charge in [0.1, 0.15) is 10.1 Å². The predicted molar refractivity (Wildman–Crippen MR) is 82.2 cm³/mol. The number of hydrogen-bond donors (Lipinski definition) is 2. The van der Waals surface area contributed by atoms with Gasteiger partial charge in [0.05, 0.1) is 10.2 Å². The minimum absolute atomic E-state index is 0.499. The second-order valence-electron chi connectivity index (χ2n) is 4.77. The van der Waals surface area contributed by atoms with Crippen LogP contribution in [0.3, 0.4) is 0 Å². The molecular weight excluding hydrogens is 294 g/mol. The summed E-state index contributed by atoms with van der Waals surface area (Å²) in [5.74, 6) is -0.365. The highest BCUT2D eigenvalue weighted by molar-refractivity contribution is 8.15. The van der Waals surface area contributed by atoms with Crippen LogP contribution in [0.25, 0.3) is 10.2 Å². The van der Waals surface area contributed by atoms with Crippen LogP contribution < -0.4 is 5.32 Å². The van der Waals surface area contributed by atoms with Crippen molar-refractivity contribution in [1.29, 1.82) is 0 Å². The van der Waals surface area contributed by atoms with E-state index in [9.17, 15) is 4.79 Å². The van der Waals surface area contributed by atoms with Crippen molar-refractivity contribution in [3.8, 4) is 0 Å². The van der Waals surface area contributed by atoms with Crippen LogP contribution in [0.2, 0.25) is 0 Å². The van der Waals surface area contributed by atoms with Gasteiger partial charge in [-0.05, 0) is 24.1 Å². The maximum absolute atomic E-state index is 10.9. The van der Waals surface area contributed by atoms with Gasteiger partial charge in [0.15, 0.2) is 6.04 Å². The molecule has 102 valence electrons. The minimum Gasteiger partial charge on any atom is -0.480 e. The van der Waals surface area contributed by atoms with Crippen LogP contribution in [-0.2, 0) is 11.2 Å². The smallest absolute Gasteiger partial charge is 0.329 e. The Kier molecular flexibility index (Phi) is 2.71. The Morgan fingerprint density at radius 3 is 3.15 bits per heavy atom. The predicted octanol–water partition coefficient (Wildman–Crippen LogP) is 2.21. The fourth-order valence-corrected chi connectivity index (χ4v) is 4.51. The number of nitrogens with one attached hydrogen (secondary N) is 1. The highest BCUT2D eigenvalue weighted by atomic mass is 32.2. The first-order valence-corrected chi connectivity index (χ1v) is 8.12. The number of rotatable bonds is 2. The van der Waals surface area contributed by atoms with Crippen molar-refractivity contribution >= 4 is 50.0 Å². The first-order chi connectivity index (χ1) is 9.70. The lowest BCUT2D eigenvalue weighted by molar-refractivity contribution is -0.137. The topological polar surface area (TPSA) is 74.6 Å². The van der Waals surface area contributed by atoms with E-state index in [2.05, 4.69) is 27.4 Å². The summed E-state index contributed by atoms with van der Waals surface area (Å²) in [5.41, 5.74) is 3.48. The molecule has 1 aromatic carbocycles. The number of anilines is 1. The average molecular weight is 305 g/mol. The van der Waals surface area contributed by atoms with Crippen molar-refractivity contribution in [2.45, 2.75) is 12.5 Å². The SMILES string of the molecule is O=C(O)[C@@H]1CSC(c2nc3cc4c(cc3s2)NCC4)=N1. The third-order valence-corrected chi connectivity index (χ3v) is 5.65. The van der Waals surface area contributed by atoms with E-state index in [1.807, 2.05) is 0 Å². The monoisotopic (exact) mass is 305 g/mol. The van der Waals surface area contributed by atoms with Crippen molar-refractivity contribution in [1.82, 2.24) is 4.98 Å². The fraction of sp³-hybridized carbons (Fsp3) is 0.308. The summed E-state index contributed by atoms with van der Waals surface area (Å²) in [6, 6.07) is 3.63. The van der Waals surface area contributed by atoms with E-state index < -0.39 is 12.0 Å². The zero-order valence-corrected chi connectivity index (χ0v) is 12.1. The van der Waals surface area contributed by atoms with Gasteiger partial charge in [-0.25, -0.2) is 9.78 Å². The molecule has 2 N–H and O–H groups in total. The molecule has 0 saturated carbocycles. The van der Waals surface area contributed by atoms with Crippen LogP contribution in [0.15, 0.2) is 17.1 Å². The molecule has 0 radical (unpaired) electrons. The minimum atomic E-state index is -0.864. The lowest BCUT2D eigenvalue weighted by Crippen LogP contribution is -2.17. The molecule has 0 spiro atoms. The molecule has 4 rings (SSSR count). The second-order valence-corrected chi connectivity index (χ2v) is 6.81. The van der Waals surface area contributed by atoms with Crippen molar-refractivity contribution < 1.29 is 9.90 Å². The third kappa shape index (κ3) is 1.89. The van der Waals surface area contributed by atoms with Crippen LogP contribution in [-0.4, -0.2) is 39.4 Å². The molecular formula is C13H11N3O2S2. The molecule has 1 atom stereocenters. The van der Waals surface area contributed by atoms with E-state index in [0.717, 1.165) is 33.2 Å². The molecule has 0 aliphatic carbocycles. The van der Waals surface area contributed by atoms with Gasteiger partial charge >= 0.3 is 5.97 Å². The van der Waals surface area contributed by atoms with Crippen LogP contribution in [0.4, 0.5) is 5.69 Å². The van der Waals surface area contributed by atoms with Gasteiger partial charge in [-0.3, -0.25) is 4.99 Å². The van der Waals surface area contributed by atoms with Gasteiger partial charge < -0.3 is 10.4 Å². The maximum atomic E-state index is 10.9. The van der Waals surface area contributed by atoms with Crippen LogP contribution in [0.5, 0.6) is 0 Å². The molecule has 20 heavy (non-hydrogen) atoms. The molecule has 0 saturated heterocycles. The van der Waals surface area contributed by atoms with E-state index in [1.165, 1.54) is 23.0 Å². The number of carboxylic acids is 1. The van der Waals surface area contributed by atoms with Gasteiger partial charge in [0.2, 0.25) is 0 Å². The van der Waals surface area contributed by atoms with Crippen molar-refractivity contribution in [3.05, 3.63) is 22.7 Å². The average Bonchev–Trinajstić information content (AvgIpc) is 3.13. The molecule has 1 aromatic heterocycles. The molecule has 0 unspecified atom stereocenters. The largest absolute Gasteiger partial charge is 0.480 e. The van der Waals surface area contributed by atoms with Gasteiger partial charge in [-0.2, -0.15) is 0 Å². The number of hydrogen-bond acceptors (Lipinski definition) is 6. The number of fused-ring (bicyclic) bond motifs is 2. The zero-order valence-electron chi connectivity index (χ0n) is 10.4. The zero-order chi connectivity index (χ0) is 13.7. The van der Waals surface area contributed by atoms with E-state index in [4.69, 9.17) is 5.11 Å². The summed E-state index contributed by atoms with van der Waals surface area (Å²) in [4.78, 5) is 19.8. The van der Waals surface area contributed by atoms with E-state index >= 15 is 0 Å². The molecule has 0 bridgehead atoms. The Morgan fingerprint density at radius 1 is 1.45 bits per heavy atom. The maximum Gasteiger partial charge on any atom is 0.329 e. The van der Waals surface area contributed by atoms with Gasteiger partial charge in [0, 0.05) is 18.0 Å². The Bertz CT molecular complexity index is 712. The van der Waals surface area contributed by atoms with E-state index in [1.54, 1.807) is 11.3 Å². The number of aromatic nitrogens is 1. The van der Waals surface area contributed by atoms with Crippen LogP contribution in [0, 0.1) is 0 Å². The summed E-state index contributed by atoms with van der Waals surface area (Å²) in [7, 11) is 0. The van der Waals surface area contributed by atoms with Crippen molar-refractivity contribution in [3.63, 3.8) is 0 Å². The van der Waals surface area contributed by atoms with E-state index in [-0.39, 0.29) is 0 Å². The third-order valence-electron chi connectivity index (χ3n) is 3.44. The Labute approximate surface area is 123 Å². The quantitative estimate of drug-likeness (QED) is 0.890. The van der Waals surface area contributed by atoms with Gasteiger partial charge in [0.25, 0.3) is 0 Å². The first-order valence-electron chi connectivity index (χ1n) is 6.32. The first kappa shape index (κ1) is 12.2. The fourth-order valence-electron chi connectivity index (χ4n) is 2.43. The molecule has 0 amide bonds. The number of aliphatic carboxylic acids is 1. The van der Waals surface area contributed by atoms with Crippen molar-refractivity contribution in [2.24, 2.45) is 4.99 Å². The summed E-state index contributed by atoms with van der Waals surface area (Å²) >= 11 is 3.06. The Balaban J connectivity index is 1.75. The Hall–Kier alpha value is -1.60. The molecule has 2 aliphatic heterocycles. The second kappa shape index (κ2) is 4.46. The van der Waals surface area contributed by atoms with Crippen LogP contribution >= 0.6 is 23.1 Å². The molecule has 2 aliphatic rings. The number of nitrogens with zero attached hydrogens (tertiary/aromatic N) is 2. The summed E-state index contributed by atoms with van der Waals surface area (Å²) in [6.45, 7) is 0.988. The number of benzene rings is 1. The summed E-state index contributed by atoms with van der Waals surface area (Å²) in [6.07, 6.45) is 1.04. The number of thiazole rings is 1.